The zero-order valence-electron chi connectivity index (χ0n) is 19.5. The molecule has 0 atom stereocenters. The lowest BCUT2D eigenvalue weighted by Gasteiger charge is -2.23. The molecule has 0 N–H and O–H groups in total. The SMILES string of the molecule is Cc1cc2c3ccccc3n3c4cc([Si](C)(C)C)c(C)c5cc[n+](C)c(c(c1C)c23)c54. The minimum atomic E-state index is -1.51. The van der Waals surface area contributed by atoms with Crippen molar-refractivity contribution < 1.29 is 4.57 Å². The Labute approximate surface area is 184 Å². The normalized spacial score (nSPS) is 13.0. The summed E-state index contributed by atoms with van der Waals surface area (Å²) in [6.07, 6.45) is 2.26. The standard InChI is InChI=1S/C28H29N2Si/c1-16-14-21-20-10-8-9-11-22(20)30-23-15-24(31(5,6)7)18(3)19-12-13-29(4)28(26(19)23)25(17(16)2)27(21)30/h8-15H,1-7H3/q+1. The summed E-state index contributed by atoms with van der Waals surface area (Å²) in [4.78, 5) is 0. The molecule has 3 heterocycles. The molecule has 0 aliphatic rings. The van der Waals surface area contributed by atoms with Crippen molar-refractivity contribution in [3.05, 3.63) is 65.4 Å². The van der Waals surface area contributed by atoms with Gasteiger partial charge in [-0.25, -0.2) is 4.57 Å². The number of fused-ring (bicyclic) bond motifs is 5. The Morgan fingerprint density at radius 1 is 0.774 bits per heavy atom. The molecule has 0 aliphatic heterocycles. The van der Waals surface area contributed by atoms with Gasteiger partial charge in [-0.2, -0.15) is 0 Å². The van der Waals surface area contributed by atoms with E-state index in [1.807, 2.05) is 0 Å². The highest BCUT2D eigenvalue weighted by atomic mass is 28.3. The van der Waals surface area contributed by atoms with Gasteiger partial charge in [-0.1, -0.05) is 43.0 Å². The summed E-state index contributed by atoms with van der Waals surface area (Å²) in [7, 11) is 0.689. The number of pyridine rings is 2. The number of aromatic nitrogens is 2. The Morgan fingerprint density at radius 2 is 1.52 bits per heavy atom. The monoisotopic (exact) mass is 421 g/mol. The van der Waals surface area contributed by atoms with Crippen LogP contribution < -0.4 is 9.75 Å². The van der Waals surface area contributed by atoms with E-state index in [9.17, 15) is 0 Å². The molecule has 0 bridgehead atoms. The molecular formula is C28H29N2Si+. The van der Waals surface area contributed by atoms with E-state index in [4.69, 9.17) is 0 Å². The van der Waals surface area contributed by atoms with E-state index in [2.05, 4.69) is 105 Å². The van der Waals surface area contributed by atoms with Crippen LogP contribution in [-0.2, 0) is 7.05 Å². The molecule has 3 heteroatoms. The van der Waals surface area contributed by atoms with Crippen LogP contribution in [0, 0.1) is 20.8 Å². The number of para-hydroxylation sites is 1. The van der Waals surface area contributed by atoms with Crippen LogP contribution in [0.15, 0.2) is 48.7 Å². The van der Waals surface area contributed by atoms with Gasteiger partial charge in [0.05, 0.1) is 35.4 Å². The topological polar surface area (TPSA) is 8.29 Å². The van der Waals surface area contributed by atoms with E-state index in [0.29, 0.717) is 0 Å². The molecule has 0 saturated heterocycles. The van der Waals surface area contributed by atoms with Crippen LogP contribution in [0.2, 0.25) is 19.6 Å². The molecule has 6 aromatic rings. The second-order valence-electron chi connectivity index (χ2n) is 10.3. The van der Waals surface area contributed by atoms with Crippen molar-refractivity contribution in [1.82, 2.24) is 4.40 Å². The van der Waals surface area contributed by atoms with Crippen LogP contribution in [0.5, 0.6) is 0 Å². The van der Waals surface area contributed by atoms with E-state index in [1.165, 1.54) is 65.7 Å². The smallest absolute Gasteiger partial charge is 0.224 e. The maximum Gasteiger partial charge on any atom is 0.224 e. The number of rotatable bonds is 1. The van der Waals surface area contributed by atoms with Crippen molar-refractivity contribution >= 4 is 62.3 Å². The molecule has 31 heavy (non-hydrogen) atoms. The van der Waals surface area contributed by atoms with Crippen LogP contribution in [-0.4, -0.2) is 12.5 Å². The summed E-state index contributed by atoms with van der Waals surface area (Å²) in [5.74, 6) is 0. The van der Waals surface area contributed by atoms with E-state index in [0.717, 1.165) is 0 Å². The molecule has 6 rings (SSSR count). The number of hydrogen-bond donors (Lipinski definition) is 0. The summed E-state index contributed by atoms with van der Waals surface area (Å²) in [6, 6.07) is 16.2. The number of nitrogens with zero attached hydrogens (tertiary/aromatic N) is 2. The minimum absolute atomic E-state index is 1.31. The first-order valence-corrected chi connectivity index (χ1v) is 14.7. The quantitative estimate of drug-likeness (QED) is 0.128. The largest absolute Gasteiger partial charge is 0.307 e. The van der Waals surface area contributed by atoms with Gasteiger partial charge < -0.3 is 4.40 Å². The molecule has 3 aromatic carbocycles. The molecule has 0 amide bonds. The van der Waals surface area contributed by atoms with Gasteiger partial charge in [0.2, 0.25) is 5.52 Å². The van der Waals surface area contributed by atoms with Crippen LogP contribution in [0.1, 0.15) is 16.7 Å². The molecule has 0 aliphatic carbocycles. The van der Waals surface area contributed by atoms with E-state index in [1.54, 1.807) is 5.19 Å². The Hall–Kier alpha value is -2.91. The molecular weight excluding hydrogens is 392 g/mol. The van der Waals surface area contributed by atoms with Crippen LogP contribution in [0.4, 0.5) is 0 Å². The van der Waals surface area contributed by atoms with Crippen molar-refractivity contribution in [2.75, 3.05) is 0 Å². The first-order chi connectivity index (χ1) is 14.7. The summed E-state index contributed by atoms with van der Waals surface area (Å²) in [6.45, 7) is 14.3. The summed E-state index contributed by atoms with van der Waals surface area (Å²) >= 11 is 0. The fraction of sp³-hybridized carbons (Fsp3) is 0.250. The van der Waals surface area contributed by atoms with E-state index < -0.39 is 8.07 Å². The zero-order chi connectivity index (χ0) is 21.8. The highest BCUT2D eigenvalue weighted by molar-refractivity contribution is 6.89. The third kappa shape index (κ3) is 2.25. The lowest BCUT2D eigenvalue weighted by molar-refractivity contribution is -0.643. The molecule has 0 saturated carbocycles. The average Bonchev–Trinajstić information content (AvgIpc) is 3.04. The average molecular weight is 422 g/mol. The van der Waals surface area contributed by atoms with Gasteiger partial charge >= 0.3 is 0 Å². The Balaban J connectivity index is 2.11. The second kappa shape index (κ2) is 5.86. The molecule has 154 valence electrons. The van der Waals surface area contributed by atoms with Crippen molar-refractivity contribution in [1.29, 1.82) is 0 Å². The first kappa shape index (κ1) is 18.8. The third-order valence-corrected chi connectivity index (χ3v) is 9.57. The summed E-state index contributed by atoms with van der Waals surface area (Å²) in [5.41, 5.74) is 9.60. The third-order valence-electron chi connectivity index (χ3n) is 7.43. The molecule has 0 radical (unpaired) electrons. The van der Waals surface area contributed by atoms with Crippen LogP contribution >= 0.6 is 0 Å². The van der Waals surface area contributed by atoms with Gasteiger partial charge in [0.25, 0.3) is 0 Å². The van der Waals surface area contributed by atoms with Crippen molar-refractivity contribution in [3.8, 4) is 0 Å². The van der Waals surface area contributed by atoms with Crippen LogP contribution in [0.25, 0.3) is 49.0 Å². The van der Waals surface area contributed by atoms with Crippen molar-refractivity contribution in [2.24, 2.45) is 7.05 Å². The van der Waals surface area contributed by atoms with Gasteiger partial charge in [0.15, 0.2) is 6.20 Å². The zero-order valence-corrected chi connectivity index (χ0v) is 20.5. The molecule has 0 unspecified atom stereocenters. The summed E-state index contributed by atoms with van der Waals surface area (Å²) < 4.78 is 4.90. The van der Waals surface area contributed by atoms with Crippen LogP contribution in [0.3, 0.4) is 0 Å². The maximum atomic E-state index is 2.56. The first-order valence-electron chi connectivity index (χ1n) is 11.2. The molecule has 3 aromatic heterocycles. The van der Waals surface area contributed by atoms with Gasteiger partial charge in [-0.3, -0.25) is 0 Å². The van der Waals surface area contributed by atoms with Gasteiger partial charge in [-0.15, -0.1) is 0 Å². The Bertz CT molecular complexity index is 1700. The van der Waals surface area contributed by atoms with Crippen molar-refractivity contribution in [3.63, 3.8) is 0 Å². The minimum Gasteiger partial charge on any atom is -0.307 e. The number of benzene rings is 3. The highest BCUT2D eigenvalue weighted by Gasteiger charge is 2.28. The molecule has 2 nitrogen and oxygen atoms in total. The van der Waals surface area contributed by atoms with Gasteiger partial charge in [0.1, 0.15) is 7.05 Å². The fourth-order valence-electron chi connectivity index (χ4n) is 5.84. The van der Waals surface area contributed by atoms with E-state index in [-0.39, 0.29) is 0 Å². The molecule has 0 spiro atoms. The highest BCUT2D eigenvalue weighted by Crippen LogP contribution is 2.41. The van der Waals surface area contributed by atoms with Crippen molar-refractivity contribution in [2.45, 2.75) is 40.4 Å². The van der Waals surface area contributed by atoms with Gasteiger partial charge in [0, 0.05) is 16.8 Å². The second-order valence-corrected chi connectivity index (χ2v) is 15.4. The lowest BCUT2D eigenvalue weighted by atomic mass is 9.95. The Morgan fingerprint density at radius 3 is 2.26 bits per heavy atom. The fourth-order valence-corrected chi connectivity index (χ4v) is 7.67. The van der Waals surface area contributed by atoms with E-state index >= 15 is 0 Å². The Kier molecular flexibility index (Phi) is 3.56. The molecule has 0 fully saturated rings. The predicted octanol–water partition coefficient (Wildman–Crippen LogP) is 6.28. The predicted molar refractivity (Wildman–Crippen MR) is 137 cm³/mol. The summed E-state index contributed by atoms with van der Waals surface area (Å²) in [5, 5.41) is 8.47. The maximum absolute atomic E-state index is 2.56. The lowest BCUT2D eigenvalue weighted by Crippen LogP contribution is -2.40. The van der Waals surface area contributed by atoms with Gasteiger partial charge in [-0.05, 0) is 61.0 Å². The number of aryl methyl sites for hydroxylation is 4. The number of hydrogen-bond acceptors (Lipinski definition) is 0.